The van der Waals surface area contributed by atoms with Crippen LogP contribution in [0.15, 0.2) is 188 Å². The number of carbonyl (C=O) groups is 2. The van der Waals surface area contributed by atoms with Gasteiger partial charge in [-0.3, -0.25) is 9.59 Å². The molecule has 0 fully saturated rings. The first-order valence-corrected chi connectivity index (χ1v) is 19.2. The highest BCUT2D eigenvalue weighted by Crippen LogP contribution is 2.54. The molecule has 1 aliphatic heterocycles. The van der Waals surface area contributed by atoms with Gasteiger partial charge in [0.2, 0.25) is 0 Å². The van der Waals surface area contributed by atoms with E-state index < -0.39 is 7.26 Å². The van der Waals surface area contributed by atoms with Crippen molar-refractivity contribution in [3.05, 3.63) is 218 Å². The lowest BCUT2D eigenvalue weighted by Gasteiger charge is -2.28. The van der Waals surface area contributed by atoms with Gasteiger partial charge in [-0.25, -0.2) is 4.90 Å². The molecule has 0 aliphatic carbocycles. The summed E-state index contributed by atoms with van der Waals surface area (Å²) in [6.07, 6.45) is 0. The topological polar surface area (TPSA) is 46.6 Å². The second-order valence-electron chi connectivity index (χ2n) is 13.5. The lowest BCUT2D eigenvalue weighted by atomic mass is 9.78. The van der Waals surface area contributed by atoms with E-state index in [1.165, 1.54) is 26.4 Å². The average Bonchev–Trinajstić information content (AvgIpc) is 3.45. The van der Waals surface area contributed by atoms with Crippen LogP contribution in [0, 0.1) is 7.43 Å². The van der Waals surface area contributed by atoms with Crippen molar-refractivity contribution >= 4 is 46.0 Å². The second kappa shape index (κ2) is 14.5. The number of carbonyl (C=O) groups excluding carboxylic acids is 2. The number of ether oxygens (including phenoxy) is 1. The van der Waals surface area contributed by atoms with Gasteiger partial charge in [-0.05, 0) is 90.0 Å². The van der Waals surface area contributed by atoms with Gasteiger partial charge in [0.05, 0.1) is 16.8 Å². The monoisotopic (exact) mass is 709 g/mol. The van der Waals surface area contributed by atoms with E-state index >= 15 is 0 Å². The third-order valence-corrected chi connectivity index (χ3v) is 14.3. The summed E-state index contributed by atoms with van der Waals surface area (Å²) in [7, 11) is -2.43. The molecule has 0 saturated carbocycles. The van der Waals surface area contributed by atoms with Gasteiger partial charge in [0, 0.05) is 11.5 Å². The van der Waals surface area contributed by atoms with Crippen LogP contribution in [0.3, 0.4) is 0 Å². The first kappa shape index (κ1) is 35.3. The van der Waals surface area contributed by atoms with E-state index in [1.54, 1.807) is 18.2 Å². The molecule has 1 heterocycles. The quantitative estimate of drug-likeness (QED) is 0.0852. The maximum absolute atomic E-state index is 14.1. The van der Waals surface area contributed by atoms with E-state index in [-0.39, 0.29) is 24.7 Å². The molecule has 0 unspecified atom stereocenters. The van der Waals surface area contributed by atoms with E-state index in [2.05, 4.69) is 129 Å². The van der Waals surface area contributed by atoms with Crippen molar-refractivity contribution in [2.24, 2.45) is 0 Å². The van der Waals surface area contributed by atoms with Crippen LogP contribution in [0.4, 0.5) is 5.69 Å². The van der Waals surface area contributed by atoms with Gasteiger partial charge in [0.15, 0.2) is 0 Å². The maximum atomic E-state index is 14.1. The first-order valence-electron chi connectivity index (χ1n) is 17.4. The van der Waals surface area contributed by atoms with Gasteiger partial charge in [-0.1, -0.05) is 117 Å². The van der Waals surface area contributed by atoms with Gasteiger partial charge >= 0.3 is 0 Å². The predicted octanol–water partition coefficient (Wildman–Crippen LogP) is 9.68. The molecule has 0 atom stereocenters. The number of anilines is 1. The van der Waals surface area contributed by atoms with E-state index in [0.717, 1.165) is 10.9 Å². The summed E-state index contributed by atoms with van der Waals surface area (Å²) in [5.74, 6) is 0.426. The molecule has 7 aromatic carbocycles. The molecule has 0 aromatic heterocycles. The van der Waals surface area contributed by atoms with E-state index in [9.17, 15) is 9.59 Å². The number of imide groups is 1. The Hall–Kier alpha value is -6.09. The van der Waals surface area contributed by atoms with Crippen LogP contribution in [0.1, 0.15) is 45.7 Å². The predicted molar refractivity (Wildman–Crippen MR) is 220 cm³/mol. The Morgan fingerprint density at radius 1 is 0.453 bits per heavy atom. The highest BCUT2D eigenvalue weighted by atomic mass is 31.2. The molecule has 2 amide bonds. The fourth-order valence-corrected chi connectivity index (χ4v) is 11.6. The lowest BCUT2D eigenvalue weighted by molar-refractivity contribution is 0.0926. The van der Waals surface area contributed by atoms with Gasteiger partial charge < -0.3 is 12.2 Å². The summed E-state index contributed by atoms with van der Waals surface area (Å²) in [5.41, 5.74) is 3.44. The zero-order chi connectivity index (χ0) is 35.7. The maximum Gasteiger partial charge on any atom is 0.266 e. The van der Waals surface area contributed by atoms with Gasteiger partial charge in [0.1, 0.15) is 40.0 Å². The Kier molecular flexibility index (Phi) is 9.66. The van der Waals surface area contributed by atoms with E-state index in [4.69, 9.17) is 4.74 Å². The molecule has 5 heteroatoms. The van der Waals surface area contributed by atoms with Crippen LogP contribution in [0.2, 0.25) is 0 Å². The van der Waals surface area contributed by atoms with Crippen molar-refractivity contribution < 1.29 is 14.3 Å². The largest absolute Gasteiger partial charge is 0.457 e. The number of amides is 2. The van der Waals surface area contributed by atoms with Crippen LogP contribution in [-0.4, -0.2) is 11.8 Å². The SMILES string of the molecule is CC(C)(c1ccccc1)c1ccc(Oc2ccc3c(c2)C(=O)N(c2cccc([P+](c4ccccc4)(c4ccccc4)c4ccccc4)c2)C3=O)cc1.[CH3-]. The molecule has 7 aromatic rings. The van der Waals surface area contributed by atoms with E-state index in [1.807, 2.05) is 54.6 Å². The van der Waals surface area contributed by atoms with Crippen molar-refractivity contribution in [1.82, 2.24) is 0 Å². The third kappa shape index (κ3) is 6.26. The molecule has 4 nitrogen and oxygen atoms in total. The molecule has 0 saturated heterocycles. The summed E-state index contributed by atoms with van der Waals surface area (Å²) < 4.78 is 6.23. The standard InChI is InChI=1S/C47H37NO3P.CH3/c1-47(2,34-16-7-3-8-17-34)35-26-28-37(29-27-35)51-38-30-31-43-44(33-38)46(50)48(45(43)49)36-18-15-25-42(32-36)52(39-19-9-4-10-20-39,40-21-11-5-12-22-40)41-23-13-6-14-24-41;/h3-33H,1-2H3;1H3/q+1;-1. The molecule has 260 valence electrons. The number of hydrogen-bond acceptors (Lipinski definition) is 3. The molecule has 8 rings (SSSR count). The molecular weight excluding hydrogens is 670 g/mol. The van der Waals surface area contributed by atoms with Crippen LogP contribution in [0.5, 0.6) is 11.5 Å². The van der Waals surface area contributed by atoms with E-state index in [0.29, 0.717) is 28.3 Å². The molecule has 0 N–H and O–H groups in total. The summed E-state index contributed by atoms with van der Waals surface area (Å²) in [4.78, 5) is 29.4. The van der Waals surface area contributed by atoms with Crippen molar-refractivity contribution in [2.75, 3.05) is 4.90 Å². The minimum atomic E-state index is -2.43. The number of hydrogen-bond donors (Lipinski definition) is 0. The first-order chi connectivity index (χ1) is 25.4. The zero-order valence-electron chi connectivity index (χ0n) is 30.0. The number of nitrogens with zero attached hydrogens (tertiary/aromatic N) is 1. The van der Waals surface area contributed by atoms with Crippen LogP contribution in [-0.2, 0) is 5.41 Å². The van der Waals surface area contributed by atoms with Gasteiger partial charge in [0.25, 0.3) is 11.8 Å². The highest BCUT2D eigenvalue weighted by molar-refractivity contribution is 8.01. The molecule has 0 spiro atoms. The fraction of sp³-hybridized carbons (Fsp3) is 0.0625. The van der Waals surface area contributed by atoms with Gasteiger partial charge in [-0.2, -0.15) is 0 Å². The smallest absolute Gasteiger partial charge is 0.266 e. The lowest BCUT2D eigenvalue weighted by Crippen LogP contribution is -2.39. The van der Waals surface area contributed by atoms with Crippen LogP contribution >= 0.6 is 7.26 Å². The summed E-state index contributed by atoms with van der Waals surface area (Å²) in [6, 6.07) is 63.1. The third-order valence-electron chi connectivity index (χ3n) is 10.1. The fourth-order valence-electron chi connectivity index (χ4n) is 7.31. The summed E-state index contributed by atoms with van der Waals surface area (Å²) >= 11 is 0. The second-order valence-corrected chi connectivity index (χ2v) is 16.9. The Balaban J connectivity index is 0.00000435. The molecule has 0 radical (unpaired) electrons. The minimum Gasteiger partial charge on any atom is -0.457 e. The van der Waals surface area contributed by atoms with Crippen molar-refractivity contribution in [1.29, 1.82) is 0 Å². The molecule has 53 heavy (non-hydrogen) atoms. The van der Waals surface area contributed by atoms with Crippen molar-refractivity contribution in [3.63, 3.8) is 0 Å². The van der Waals surface area contributed by atoms with Crippen LogP contribution < -0.4 is 30.9 Å². The zero-order valence-corrected chi connectivity index (χ0v) is 30.9. The minimum absolute atomic E-state index is 0. The van der Waals surface area contributed by atoms with Crippen molar-refractivity contribution in [2.45, 2.75) is 19.3 Å². The van der Waals surface area contributed by atoms with Crippen LogP contribution in [0.25, 0.3) is 0 Å². The van der Waals surface area contributed by atoms with Crippen molar-refractivity contribution in [3.8, 4) is 11.5 Å². The molecular formula is C48H40NO3P. The Morgan fingerprint density at radius 3 is 1.45 bits per heavy atom. The molecule has 0 bridgehead atoms. The number of rotatable bonds is 9. The Labute approximate surface area is 312 Å². The normalized spacial score (nSPS) is 12.6. The average molecular weight is 710 g/mol. The highest BCUT2D eigenvalue weighted by Gasteiger charge is 2.48. The van der Waals surface area contributed by atoms with Gasteiger partial charge in [-0.15, -0.1) is 0 Å². The Morgan fingerprint density at radius 2 is 0.906 bits per heavy atom. The number of benzene rings is 7. The summed E-state index contributed by atoms with van der Waals surface area (Å²) in [6.45, 7) is 4.41. The summed E-state index contributed by atoms with van der Waals surface area (Å²) in [5, 5.41) is 4.61. The number of fused-ring (bicyclic) bond motifs is 1. The molecule has 1 aliphatic rings. The Bertz CT molecular complexity index is 2280.